The van der Waals surface area contributed by atoms with Crippen molar-refractivity contribution in [3.8, 4) is 11.1 Å². The first-order chi connectivity index (χ1) is 13.0. The predicted octanol–water partition coefficient (Wildman–Crippen LogP) is 6.65. The molecule has 3 aromatic rings. The van der Waals surface area contributed by atoms with E-state index in [1.807, 2.05) is 13.0 Å². The van der Waals surface area contributed by atoms with Gasteiger partial charge in [0.05, 0.1) is 0 Å². The van der Waals surface area contributed by atoms with Crippen molar-refractivity contribution >= 4 is 0 Å². The van der Waals surface area contributed by atoms with Crippen LogP contribution in [-0.4, -0.2) is 0 Å². The fourth-order valence-electron chi connectivity index (χ4n) is 3.13. The monoisotopic (exact) mass is 372 g/mol. The Morgan fingerprint density at radius 2 is 1.30 bits per heavy atom. The van der Waals surface area contributed by atoms with Gasteiger partial charge in [-0.15, -0.1) is 0 Å². The van der Waals surface area contributed by atoms with Crippen LogP contribution in [0.3, 0.4) is 0 Å². The summed E-state index contributed by atoms with van der Waals surface area (Å²) in [5.74, 6) is -2.74. The molecule has 0 spiro atoms. The van der Waals surface area contributed by atoms with Crippen LogP contribution in [0.25, 0.3) is 11.1 Å². The molecule has 0 aliphatic heterocycles. The molecule has 0 bridgehead atoms. The molecule has 0 aliphatic carbocycles. The number of aryl methyl sites for hydroxylation is 3. The molecule has 0 unspecified atom stereocenters. The summed E-state index contributed by atoms with van der Waals surface area (Å²) in [6, 6.07) is 13.2. The maximum absolute atomic E-state index is 14.4. The minimum absolute atomic E-state index is 0.202. The van der Waals surface area contributed by atoms with Gasteiger partial charge in [0.15, 0.2) is 11.6 Å². The van der Waals surface area contributed by atoms with E-state index in [1.165, 1.54) is 18.2 Å². The lowest BCUT2D eigenvalue weighted by atomic mass is 9.98. The minimum atomic E-state index is -1.02. The zero-order chi connectivity index (χ0) is 19.4. The number of hydrogen-bond donors (Lipinski definition) is 0. The van der Waals surface area contributed by atoms with Crippen LogP contribution in [0.5, 0.6) is 0 Å². The lowest BCUT2D eigenvalue weighted by molar-refractivity contribution is 0.509. The van der Waals surface area contributed by atoms with Crippen molar-refractivity contribution < 1.29 is 17.6 Å². The highest BCUT2D eigenvalue weighted by Crippen LogP contribution is 2.26. The first kappa shape index (κ1) is 19.2. The largest absolute Gasteiger partial charge is 0.207 e. The molecule has 0 nitrogen and oxygen atoms in total. The van der Waals surface area contributed by atoms with Crippen LogP contribution in [0.2, 0.25) is 0 Å². The van der Waals surface area contributed by atoms with Gasteiger partial charge < -0.3 is 0 Å². The van der Waals surface area contributed by atoms with E-state index in [9.17, 15) is 17.6 Å². The summed E-state index contributed by atoms with van der Waals surface area (Å²) in [6.45, 7) is 2.05. The van der Waals surface area contributed by atoms with Crippen molar-refractivity contribution in [3.05, 3.63) is 94.6 Å². The van der Waals surface area contributed by atoms with Gasteiger partial charge in [0.1, 0.15) is 11.6 Å². The second-order valence-corrected chi connectivity index (χ2v) is 6.62. The third-order valence-electron chi connectivity index (χ3n) is 4.60. The molecule has 0 amide bonds. The summed E-state index contributed by atoms with van der Waals surface area (Å²) in [6.07, 6.45) is 2.75. The summed E-state index contributed by atoms with van der Waals surface area (Å²) >= 11 is 0. The maximum Gasteiger partial charge on any atom is 0.159 e. The fraction of sp³-hybridized carbons (Fsp3) is 0.217. The molecule has 3 rings (SSSR count). The Bertz CT molecular complexity index is 947. The lowest BCUT2D eigenvalue weighted by Crippen LogP contribution is -1.98. The van der Waals surface area contributed by atoms with Gasteiger partial charge in [-0.05, 0) is 65.8 Å². The molecule has 4 heteroatoms. The quantitative estimate of drug-likeness (QED) is 0.425. The Morgan fingerprint density at radius 3 is 1.96 bits per heavy atom. The molecular weight excluding hydrogens is 352 g/mol. The number of rotatable bonds is 6. The Hall–Kier alpha value is -2.62. The molecular formula is C23H20F4. The van der Waals surface area contributed by atoms with E-state index in [4.69, 9.17) is 0 Å². The zero-order valence-corrected chi connectivity index (χ0v) is 15.0. The van der Waals surface area contributed by atoms with E-state index in [2.05, 4.69) is 0 Å². The Kier molecular flexibility index (Phi) is 5.94. The Labute approximate surface area is 156 Å². The predicted molar refractivity (Wildman–Crippen MR) is 99.6 cm³/mol. The number of hydrogen-bond acceptors (Lipinski definition) is 0. The first-order valence-electron chi connectivity index (χ1n) is 8.99. The molecule has 3 aromatic carbocycles. The van der Waals surface area contributed by atoms with E-state index >= 15 is 0 Å². The van der Waals surface area contributed by atoms with Crippen molar-refractivity contribution in [1.29, 1.82) is 0 Å². The normalized spacial score (nSPS) is 11.0. The van der Waals surface area contributed by atoms with E-state index in [0.29, 0.717) is 18.4 Å². The van der Waals surface area contributed by atoms with Crippen LogP contribution < -0.4 is 0 Å². The van der Waals surface area contributed by atoms with Crippen molar-refractivity contribution in [2.45, 2.75) is 32.6 Å². The van der Waals surface area contributed by atoms with E-state index < -0.39 is 17.5 Å². The fourth-order valence-corrected chi connectivity index (χ4v) is 3.13. The molecule has 0 heterocycles. The topological polar surface area (TPSA) is 0 Å². The van der Waals surface area contributed by atoms with Crippen LogP contribution >= 0.6 is 0 Å². The van der Waals surface area contributed by atoms with Crippen LogP contribution in [0, 0.1) is 23.3 Å². The lowest BCUT2D eigenvalue weighted by Gasteiger charge is -2.09. The van der Waals surface area contributed by atoms with Gasteiger partial charge in [-0.3, -0.25) is 0 Å². The summed E-state index contributed by atoms with van der Waals surface area (Å²) in [7, 11) is 0. The average molecular weight is 372 g/mol. The molecule has 0 saturated carbocycles. The van der Waals surface area contributed by atoms with Gasteiger partial charge in [0, 0.05) is 5.56 Å². The summed E-state index contributed by atoms with van der Waals surface area (Å²) < 4.78 is 55.0. The third-order valence-corrected chi connectivity index (χ3v) is 4.60. The number of benzene rings is 3. The van der Waals surface area contributed by atoms with Crippen LogP contribution in [0.4, 0.5) is 17.6 Å². The van der Waals surface area contributed by atoms with E-state index in [-0.39, 0.29) is 16.9 Å². The average Bonchev–Trinajstić information content (AvgIpc) is 2.64. The SMILES string of the molecule is CCCc1ccc(CCc2ccc(-c3ccc(F)c(F)c3)c(F)c2)c(F)c1. The highest BCUT2D eigenvalue weighted by Gasteiger charge is 2.10. The molecule has 0 aromatic heterocycles. The Morgan fingerprint density at radius 1 is 0.593 bits per heavy atom. The molecule has 0 radical (unpaired) electrons. The van der Waals surface area contributed by atoms with Crippen LogP contribution in [0.15, 0.2) is 54.6 Å². The van der Waals surface area contributed by atoms with Crippen molar-refractivity contribution in [3.63, 3.8) is 0 Å². The van der Waals surface area contributed by atoms with E-state index in [1.54, 1.807) is 18.2 Å². The molecule has 0 N–H and O–H groups in total. The molecule has 0 saturated heterocycles. The van der Waals surface area contributed by atoms with Crippen LogP contribution in [-0.2, 0) is 19.3 Å². The molecule has 0 atom stereocenters. The molecule has 140 valence electrons. The summed E-state index contributed by atoms with van der Waals surface area (Å²) in [4.78, 5) is 0. The minimum Gasteiger partial charge on any atom is -0.207 e. The van der Waals surface area contributed by atoms with Crippen molar-refractivity contribution in [2.75, 3.05) is 0 Å². The van der Waals surface area contributed by atoms with Crippen molar-refractivity contribution in [2.24, 2.45) is 0 Å². The highest BCUT2D eigenvalue weighted by molar-refractivity contribution is 5.64. The zero-order valence-electron chi connectivity index (χ0n) is 15.0. The van der Waals surface area contributed by atoms with Gasteiger partial charge in [0.2, 0.25) is 0 Å². The second kappa shape index (κ2) is 8.38. The maximum atomic E-state index is 14.4. The number of halogens is 4. The third kappa shape index (κ3) is 4.57. The molecule has 0 aliphatic rings. The van der Waals surface area contributed by atoms with E-state index in [0.717, 1.165) is 36.1 Å². The smallest absolute Gasteiger partial charge is 0.159 e. The Balaban J connectivity index is 1.73. The van der Waals surface area contributed by atoms with Gasteiger partial charge in [-0.25, -0.2) is 17.6 Å². The summed E-state index contributed by atoms with van der Waals surface area (Å²) in [5, 5.41) is 0. The summed E-state index contributed by atoms with van der Waals surface area (Å²) in [5.41, 5.74) is 2.76. The van der Waals surface area contributed by atoms with Gasteiger partial charge in [-0.1, -0.05) is 43.7 Å². The van der Waals surface area contributed by atoms with Gasteiger partial charge in [-0.2, -0.15) is 0 Å². The first-order valence-corrected chi connectivity index (χ1v) is 8.99. The molecule has 0 fully saturated rings. The van der Waals surface area contributed by atoms with Crippen LogP contribution in [0.1, 0.15) is 30.0 Å². The second-order valence-electron chi connectivity index (χ2n) is 6.62. The molecule has 27 heavy (non-hydrogen) atoms. The van der Waals surface area contributed by atoms with Gasteiger partial charge >= 0.3 is 0 Å². The van der Waals surface area contributed by atoms with Gasteiger partial charge in [0.25, 0.3) is 0 Å². The van der Waals surface area contributed by atoms with Crippen molar-refractivity contribution in [1.82, 2.24) is 0 Å². The highest BCUT2D eigenvalue weighted by atomic mass is 19.2. The standard InChI is InChI=1S/C23H20F4/c1-2-3-15-4-7-17(21(25)12-15)8-5-16-6-10-19(22(26)13-16)18-9-11-20(24)23(27)14-18/h4,6-7,9-14H,2-3,5,8H2,1H3.